The lowest BCUT2D eigenvalue weighted by atomic mass is 9.77. The normalized spacial score (nSPS) is 16.0. The average molecular weight is 341 g/mol. The summed E-state index contributed by atoms with van der Waals surface area (Å²) in [5.41, 5.74) is 4.48. The van der Waals surface area contributed by atoms with Crippen LogP contribution in [-0.2, 0) is 6.42 Å². The molecule has 26 heavy (non-hydrogen) atoms. The fourth-order valence-corrected chi connectivity index (χ4v) is 3.61. The highest BCUT2D eigenvalue weighted by molar-refractivity contribution is 5.70. The molecule has 1 heterocycles. The minimum atomic E-state index is -0.402. The summed E-state index contributed by atoms with van der Waals surface area (Å²) in [5.74, 6) is -0.317. The number of nitro groups is 1. The molecule has 0 saturated carbocycles. The maximum atomic E-state index is 11.2. The third-order valence-electron chi connectivity index (χ3n) is 4.77. The molecule has 3 aromatic rings. The van der Waals surface area contributed by atoms with Crippen LogP contribution in [0.2, 0.25) is 0 Å². The molecular formula is C21H15N3O2. The van der Waals surface area contributed by atoms with Crippen LogP contribution in [0.4, 0.5) is 5.69 Å². The summed E-state index contributed by atoms with van der Waals surface area (Å²) in [4.78, 5) is 10.8. The van der Waals surface area contributed by atoms with Gasteiger partial charge < -0.3 is 4.57 Å². The molecule has 0 fully saturated rings. The number of aromatic nitrogens is 1. The lowest BCUT2D eigenvalue weighted by Crippen LogP contribution is -2.17. The first-order chi connectivity index (χ1) is 12.7. The Kier molecular flexibility index (Phi) is 3.86. The van der Waals surface area contributed by atoms with Crippen LogP contribution in [0, 0.1) is 21.4 Å². The van der Waals surface area contributed by atoms with Gasteiger partial charge in [0.15, 0.2) is 0 Å². The second-order valence-corrected chi connectivity index (χ2v) is 6.22. The topological polar surface area (TPSA) is 71.9 Å². The van der Waals surface area contributed by atoms with E-state index in [2.05, 4.69) is 12.1 Å². The van der Waals surface area contributed by atoms with Crippen molar-refractivity contribution in [1.29, 1.82) is 5.26 Å². The van der Waals surface area contributed by atoms with Crippen molar-refractivity contribution < 1.29 is 4.92 Å². The van der Waals surface area contributed by atoms with Crippen molar-refractivity contribution in [3.8, 4) is 6.07 Å². The zero-order valence-corrected chi connectivity index (χ0v) is 13.9. The number of benzene rings is 2. The molecule has 1 atom stereocenters. The zero-order chi connectivity index (χ0) is 18.1. The Morgan fingerprint density at radius 3 is 2.58 bits per heavy atom. The van der Waals surface area contributed by atoms with Gasteiger partial charge in [0.05, 0.1) is 16.6 Å². The maximum absolute atomic E-state index is 11.2. The molecule has 0 aliphatic heterocycles. The second-order valence-electron chi connectivity index (χ2n) is 6.22. The smallest absolute Gasteiger partial charge is 0.269 e. The van der Waals surface area contributed by atoms with Crippen molar-refractivity contribution in [2.24, 2.45) is 0 Å². The lowest BCUT2D eigenvalue weighted by Gasteiger charge is -2.28. The number of allylic oxidation sites excluding steroid dienone is 2. The van der Waals surface area contributed by atoms with Gasteiger partial charge in [-0.15, -0.1) is 0 Å². The average Bonchev–Trinajstić information content (AvgIpc) is 3.21. The first kappa shape index (κ1) is 15.9. The highest BCUT2D eigenvalue weighted by Gasteiger charge is 2.30. The highest BCUT2D eigenvalue weighted by atomic mass is 16.6. The van der Waals surface area contributed by atoms with E-state index in [0.717, 1.165) is 22.4 Å². The zero-order valence-electron chi connectivity index (χ0n) is 13.9. The Balaban J connectivity index is 1.97. The predicted molar refractivity (Wildman–Crippen MR) is 98.3 cm³/mol. The largest absolute Gasteiger partial charge is 0.326 e. The molecule has 5 nitrogen and oxygen atoms in total. The van der Waals surface area contributed by atoms with E-state index in [1.165, 1.54) is 6.07 Å². The van der Waals surface area contributed by atoms with E-state index in [0.29, 0.717) is 12.0 Å². The summed E-state index contributed by atoms with van der Waals surface area (Å²) in [6.45, 7) is 0. The van der Waals surface area contributed by atoms with Crippen molar-refractivity contribution in [3.63, 3.8) is 0 Å². The molecule has 4 rings (SSSR count). The van der Waals surface area contributed by atoms with Crippen molar-refractivity contribution in [1.82, 2.24) is 4.57 Å². The summed E-state index contributed by atoms with van der Waals surface area (Å²) < 4.78 is 1.96. The maximum Gasteiger partial charge on any atom is 0.269 e. The molecule has 2 aromatic carbocycles. The number of hydrogen-bond acceptors (Lipinski definition) is 3. The molecule has 0 spiro atoms. The highest BCUT2D eigenvalue weighted by Crippen LogP contribution is 2.42. The predicted octanol–water partition coefficient (Wildman–Crippen LogP) is 4.52. The number of nitro benzene ring substituents is 1. The first-order valence-corrected chi connectivity index (χ1v) is 8.27. The van der Waals surface area contributed by atoms with E-state index < -0.39 is 4.92 Å². The molecule has 5 heteroatoms. The molecule has 1 aliphatic carbocycles. The van der Waals surface area contributed by atoms with Crippen LogP contribution >= 0.6 is 0 Å². The number of rotatable bonds is 3. The van der Waals surface area contributed by atoms with Gasteiger partial charge in [-0.2, -0.15) is 5.26 Å². The van der Waals surface area contributed by atoms with Crippen LogP contribution in [0.3, 0.4) is 0 Å². The molecule has 1 aromatic heterocycles. The molecule has 1 aliphatic rings. The SMILES string of the molecule is N#CC1=C(n2cccc2)Cc2ccccc2C1c1cccc([N+](=O)[O-])c1. The van der Waals surface area contributed by atoms with Gasteiger partial charge in [-0.25, -0.2) is 0 Å². The molecule has 1 unspecified atom stereocenters. The van der Waals surface area contributed by atoms with E-state index in [9.17, 15) is 15.4 Å². The standard InChI is InChI=1S/C21H15N3O2/c22-14-19-20(23-10-3-4-11-23)13-15-6-1-2-9-18(15)21(19)16-7-5-8-17(12-16)24(25)26/h1-12,21H,13H2. The number of fused-ring (bicyclic) bond motifs is 1. The van der Waals surface area contributed by atoms with Crippen LogP contribution in [0.5, 0.6) is 0 Å². The summed E-state index contributed by atoms with van der Waals surface area (Å²) in [5, 5.41) is 21.1. The third-order valence-corrected chi connectivity index (χ3v) is 4.77. The second kappa shape index (κ2) is 6.34. The Bertz CT molecular complexity index is 1060. The van der Waals surface area contributed by atoms with Gasteiger partial charge in [0.25, 0.3) is 5.69 Å². The Morgan fingerprint density at radius 1 is 1.08 bits per heavy atom. The summed E-state index contributed by atoms with van der Waals surface area (Å²) >= 11 is 0. The van der Waals surface area contributed by atoms with E-state index >= 15 is 0 Å². The number of nitrogens with zero attached hydrogens (tertiary/aromatic N) is 3. The van der Waals surface area contributed by atoms with Crippen molar-refractivity contribution in [2.45, 2.75) is 12.3 Å². The van der Waals surface area contributed by atoms with Crippen LogP contribution in [-0.4, -0.2) is 9.49 Å². The van der Waals surface area contributed by atoms with Gasteiger partial charge in [-0.05, 0) is 28.8 Å². The van der Waals surface area contributed by atoms with Gasteiger partial charge in [-0.3, -0.25) is 10.1 Å². The Morgan fingerprint density at radius 2 is 1.85 bits per heavy atom. The number of non-ortho nitro benzene ring substituents is 1. The van der Waals surface area contributed by atoms with Crippen molar-refractivity contribution in [3.05, 3.63) is 105 Å². The molecule has 0 radical (unpaired) electrons. The Hall–Kier alpha value is -3.65. The number of hydrogen-bond donors (Lipinski definition) is 0. The minimum absolute atomic E-state index is 0.0327. The quantitative estimate of drug-likeness (QED) is 0.519. The summed E-state index contributed by atoms with van der Waals surface area (Å²) in [6, 6.07) is 20.8. The first-order valence-electron chi connectivity index (χ1n) is 8.27. The fraction of sp³-hybridized carbons (Fsp3) is 0.0952. The van der Waals surface area contributed by atoms with Gasteiger partial charge in [-0.1, -0.05) is 36.4 Å². The van der Waals surface area contributed by atoms with Gasteiger partial charge in [0.2, 0.25) is 0 Å². The van der Waals surface area contributed by atoms with Crippen molar-refractivity contribution in [2.75, 3.05) is 0 Å². The van der Waals surface area contributed by atoms with E-state index in [-0.39, 0.29) is 11.6 Å². The van der Waals surface area contributed by atoms with Gasteiger partial charge >= 0.3 is 0 Å². The van der Waals surface area contributed by atoms with Crippen LogP contribution in [0.15, 0.2) is 78.6 Å². The minimum Gasteiger partial charge on any atom is -0.326 e. The van der Waals surface area contributed by atoms with Crippen LogP contribution in [0.1, 0.15) is 22.6 Å². The van der Waals surface area contributed by atoms with Crippen LogP contribution in [0.25, 0.3) is 5.70 Å². The molecule has 0 bridgehead atoms. The molecule has 126 valence electrons. The van der Waals surface area contributed by atoms with Gasteiger partial charge in [0.1, 0.15) is 0 Å². The third kappa shape index (κ3) is 2.58. The lowest BCUT2D eigenvalue weighted by molar-refractivity contribution is -0.384. The van der Waals surface area contributed by atoms with Crippen LogP contribution < -0.4 is 0 Å². The van der Waals surface area contributed by atoms with E-state index in [1.54, 1.807) is 12.1 Å². The van der Waals surface area contributed by atoms with Crippen molar-refractivity contribution >= 4 is 11.4 Å². The fourth-order valence-electron chi connectivity index (χ4n) is 3.61. The molecule has 0 saturated heterocycles. The summed E-state index contributed by atoms with van der Waals surface area (Å²) in [7, 11) is 0. The number of nitriles is 1. The van der Waals surface area contributed by atoms with Gasteiger partial charge in [0, 0.05) is 42.6 Å². The molecule has 0 N–H and O–H groups in total. The van der Waals surface area contributed by atoms with E-state index in [4.69, 9.17) is 0 Å². The monoisotopic (exact) mass is 341 g/mol. The van der Waals surface area contributed by atoms with E-state index in [1.807, 2.05) is 53.4 Å². The Labute approximate surface area is 150 Å². The summed E-state index contributed by atoms with van der Waals surface area (Å²) in [6.07, 6.45) is 4.50. The molecular weight excluding hydrogens is 326 g/mol. The molecule has 0 amide bonds.